The monoisotopic (exact) mass is 280 g/mol. The van der Waals surface area contributed by atoms with E-state index in [-0.39, 0.29) is 10.7 Å². The molecule has 0 saturated heterocycles. The van der Waals surface area contributed by atoms with Crippen LogP contribution in [0.1, 0.15) is 25.9 Å². The van der Waals surface area contributed by atoms with E-state index in [2.05, 4.69) is 10.3 Å². The summed E-state index contributed by atoms with van der Waals surface area (Å²) < 4.78 is 13.3. The molecule has 0 bridgehead atoms. The standard InChI is InChI=1S/C12H9FN2O3S/c1-6-2-3-7(4-8(6)13)14-10(16)11-15-9(5-19-11)12(17)18/h2-5H,1H3,(H,14,16)(H,17,18). The van der Waals surface area contributed by atoms with Crippen molar-refractivity contribution in [3.8, 4) is 0 Å². The molecule has 0 unspecified atom stereocenters. The minimum Gasteiger partial charge on any atom is -0.476 e. The molecule has 2 aromatic rings. The van der Waals surface area contributed by atoms with Crippen molar-refractivity contribution < 1.29 is 19.1 Å². The minimum absolute atomic E-state index is 0.0124. The number of aromatic nitrogens is 1. The molecule has 2 N–H and O–H groups in total. The van der Waals surface area contributed by atoms with Gasteiger partial charge in [0.25, 0.3) is 5.91 Å². The first-order valence-electron chi connectivity index (χ1n) is 5.23. The SMILES string of the molecule is Cc1ccc(NC(=O)c2nc(C(=O)O)cs2)cc1F. The van der Waals surface area contributed by atoms with Crippen LogP contribution in [-0.4, -0.2) is 22.0 Å². The van der Waals surface area contributed by atoms with Crippen molar-refractivity contribution in [2.75, 3.05) is 5.32 Å². The van der Waals surface area contributed by atoms with Gasteiger partial charge in [0.05, 0.1) is 0 Å². The topological polar surface area (TPSA) is 79.3 Å². The fraction of sp³-hybridized carbons (Fsp3) is 0.0833. The Morgan fingerprint density at radius 3 is 2.74 bits per heavy atom. The van der Waals surface area contributed by atoms with Crippen molar-refractivity contribution in [2.24, 2.45) is 0 Å². The van der Waals surface area contributed by atoms with Gasteiger partial charge in [-0.15, -0.1) is 11.3 Å². The molecule has 0 fully saturated rings. The molecule has 0 aliphatic heterocycles. The Morgan fingerprint density at radius 1 is 1.42 bits per heavy atom. The average Bonchev–Trinajstić information content (AvgIpc) is 2.83. The van der Waals surface area contributed by atoms with Gasteiger partial charge in [0, 0.05) is 11.1 Å². The molecule has 7 heteroatoms. The maximum Gasteiger partial charge on any atom is 0.355 e. The zero-order valence-corrected chi connectivity index (χ0v) is 10.6. The summed E-state index contributed by atoms with van der Waals surface area (Å²) in [7, 11) is 0. The Hall–Kier alpha value is -2.28. The lowest BCUT2D eigenvalue weighted by Crippen LogP contribution is -2.12. The summed E-state index contributed by atoms with van der Waals surface area (Å²) in [6.07, 6.45) is 0. The molecule has 0 spiro atoms. The van der Waals surface area contributed by atoms with Crippen LogP contribution in [0.25, 0.3) is 0 Å². The number of carboxylic acids is 1. The van der Waals surface area contributed by atoms with E-state index in [1.165, 1.54) is 17.5 Å². The van der Waals surface area contributed by atoms with Crippen molar-refractivity contribution in [2.45, 2.75) is 6.92 Å². The first-order chi connectivity index (χ1) is 8.97. The third kappa shape index (κ3) is 2.94. The molecule has 0 radical (unpaired) electrons. The van der Waals surface area contributed by atoms with Crippen LogP contribution >= 0.6 is 11.3 Å². The van der Waals surface area contributed by atoms with Gasteiger partial charge in [-0.25, -0.2) is 14.2 Å². The maximum atomic E-state index is 13.3. The number of rotatable bonds is 3. The Kier molecular flexibility index (Phi) is 3.57. The number of aromatic carboxylic acids is 1. The molecular formula is C12H9FN2O3S. The Balaban J connectivity index is 2.15. The normalized spacial score (nSPS) is 10.2. The lowest BCUT2D eigenvalue weighted by molar-refractivity contribution is 0.0691. The number of amides is 1. The number of aryl methyl sites for hydroxylation is 1. The highest BCUT2D eigenvalue weighted by Gasteiger charge is 2.15. The quantitative estimate of drug-likeness (QED) is 0.905. The number of carbonyl (C=O) groups excluding carboxylic acids is 1. The van der Waals surface area contributed by atoms with Gasteiger partial charge in [-0.3, -0.25) is 4.79 Å². The zero-order valence-electron chi connectivity index (χ0n) is 9.81. The fourth-order valence-corrected chi connectivity index (χ4v) is 2.02. The molecule has 5 nitrogen and oxygen atoms in total. The van der Waals surface area contributed by atoms with Gasteiger partial charge in [-0.2, -0.15) is 0 Å². The second-order valence-electron chi connectivity index (χ2n) is 3.76. The fourth-order valence-electron chi connectivity index (χ4n) is 1.33. The number of hydrogen-bond acceptors (Lipinski definition) is 4. The van der Waals surface area contributed by atoms with E-state index in [4.69, 9.17) is 5.11 Å². The first-order valence-corrected chi connectivity index (χ1v) is 6.11. The molecule has 2 rings (SSSR count). The highest BCUT2D eigenvalue weighted by atomic mass is 32.1. The minimum atomic E-state index is -1.20. The van der Waals surface area contributed by atoms with Crippen LogP contribution in [0.5, 0.6) is 0 Å². The number of carboxylic acid groups (broad SMARTS) is 1. The molecule has 1 amide bonds. The lowest BCUT2D eigenvalue weighted by Gasteiger charge is -2.04. The summed E-state index contributed by atoms with van der Waals surface area (Å²) >= 11 is 0.915. The molecule has 1 aromatic carbocycles. The summed E-state index contributed by atoms with van der Waals surface area (Å²) in [5.41, 5.74) is 0.575. The predicted octanol–water partition coefficient (Wildman–Crippen LogP) is 2.54. The first kappa shape index (κ1) is 13.2. The molecule has 1 aromatic heterocycles. The highest BCUT2D eigenvalue weighted by molar-refractivity contribution is 7.12. The molecular weight excluding hydrogens is 271 g/mol. The van der Waals surface area contributed by atoms with Crippen LogP contribution in [0.3, 0.4) is 0 Å². The number of anilines is 1. The van der Waals surface area contributed by atoms with Gasteiger partial charge < -0.3 is 10.4 Å². The number of halogens is 1. The summed E-state index contributed by atoms with van der Waals surface area (Å²) in [6.45, 7) is 1.61. The van der Waals surface area contributed by atoms with E-state index < -0.39 is 17.7 Å². The summed E-state index contributed by atoms with van der Waals surface area (Å²) in [6, 6.07) is 4.29. The molecule has 0 aliphatic rings. The lowest BCUT2D eigenvalue weighted by atomic mass is 10.2. The third-order valence-electron chi connectivity index (χ3n) is 2.35. The average molecular weight is 280 g/mol. The molecule has 1 heterocycles. The van der Waals surface area contributed by atoms with Crippen LogP contribution in [0.2, 0.25) is 0 Å². The van der Waals surface area contributed by atoms with Crippen LogP contribution < -0.4 is 5.32 Å². The maximum absolute atomic E-state index is 13.3. The Bertz CT molecular complexity index is 654. The zero-order chi connectivity index (χ0) is 14.0. The van der Waals surface area contributed by atoms with E-state index in [0.717, 1.165) is 11.3 Å². The second kappa shape index (κ2) is 5.15. The van der Waals surface area contributed by atoms with Crippen LogP contribution in [0.15, 0.2) is 23.6 Å². The van der Waals surface area contributed by atoms with E-state index >= 15 is 0 Å². The molecule has 0 saturated carbocycles. The largest absolute Gasteiger partial charge is 0.476 e. The van der Waals surface area contributed by atoms with Crippen LogP contribution in [0.4, 0.5) is 10.1 Å². The number of nitrogens with one attached hydrogen (secondary N) is 1. The molecule has 98 valence electrons. The van der Waals surface area contributed by atoms with Gasteiger partial charge in [0.1, 0.15) is 5.82 Å². The van der Waals surface area contributed by atoms with Crippen molar-refractivity contribution in [1.29, 1.82) is 0 Å². The van der Waals surface area contributed by atoms with Gasteiger partial charge in [-0.1, -0.05) is 6.07 Å². The number of carbonyl (C=O) groups is 2. The van der Waals surface area contributed by atoms with E-state index in [0.29, 0.717) is 11.3 Å². The molecule has 0 aliphatic carbocycles. The predicted molar refractivity (Wildman–Crippen MR) is 68.2 cm³/mol. The number of benzene rings is 1. The highest BCUT2D eigenvalue weighted by Crippen LogP contribution is 2.16. The summed E-state index contributed by atoms with van der Waals surface area (Å²) in [5, 5.41) is 12.4. The third-order valence-corrected chi connectivity index (χ3v) is 3.19. The molecule has 0 atom stereocenters. The summed E-state index contributed by atoms with van der Waals surface area (Å²) in [5.74, 6) is -2.19. The van der Waals surface area contributed by atoms with Gasteiger partial charge >= 0.3 is 5.97 Å². The van der Waals surface area contributed by atoms with Crippen molar-refractivity contribution >= 4 is 28.9 Å². The Morgan fingerprint density at radius 2 is 2.16 bits per heavy atom. The van der Waals surface area contributed by atoms with E-state index in [9.17, 15) is 14.0 Å². The number of thiazole rings is 1. The van der Waals surface area contributed by atoms with Crippen LogP contribution in [-0.2, 0) is 0 Å². The van der Waals surface area contributed by atoms with Crippen molar-refractivity contribution in [1.82, 2.24) is 4.98 Å². The smallest absolute Gasteiger partial charge is 0.355 e. The number of hydrogen-bond donors (Lipinski definition) is 2. The van der Waals surface area contributed by atoms with Crippen molar-refractivity contribution in [3.63, 3.8) is 0 Å². The Labute approximate surface area is 111 Å². The van der Waals surface area contributed by atoms with E-state index in [1.54, 1.807) is 13.0 Å². The number of nitrogens with zero attached hydrogens (tertiary/aromatic N) is 1. The van der Waals surface area contributed by atoms with Gasteiger partial charge in [0.2, 0.25) is 0 Å². The van der Waals surface area contributed by atoms with Crippen LogP contribution in [0, 0.1) is 12.7 Å². The van der Waals surface area contributed by atoms with Crippen molar-refractivity contribution in [3.05, 3.63) is 45.7 Å². The molecule has 19 heavy (non-hydrogen) atoms. The van der Waals surface area contributed by atoms with E-state index in [1.807, 2.05) is 0 Å². The summed E-state index contributed by atoms with van der Waals surface area (Å²) in [4.78, 5) is 26.1. The van der Waals surface area contributed by atoms with Gasteiger partial charge in [-0.05, 0) is 24.6 Å². The van der Waals surface area contributed by atoms with Gasteiger partial charge in [0.15, 0.2) is 10.7 Å². The second-order valence-corrected chi connectivity index (χ2v) is 4.62.